The highest BCUT2D eigenvalue weighted by molar-refractivity contribution is 5.57. The Labute approximate surface area is 130 Å². The molecule has 4 nitrogen and oxygen atoms in total. The lowest BCUT2D eigenvalue weighted by Crippen LogP contribution is -2.18. The van der Waals surface area contributed by atoms with Crippen LogP contribution in [0.25, 0.3) is 0 Å². The lowest BCUT2D eigenvalue weighted by atomic mass is 10.0. The van der Waals surface area contributed by atoms with Gasteiger partial charge in [-0.3, -0.25) is 0 Å². The standard InChI is InChI=1S/C17H32N4/c1-7-9-15-20-16(18-6)14(5)17(21-15)19-13(4)11-8-10-12(2)3/h12-13H,7-11H2,1-6H3,(H2,18,19,20,21). The van der Waals surface area contributed by atoms with Crippen LogP contribution in [0.2, 0.25) is 0 Å². The Kier molecular flexibility index (Phi) is 7.48. The van der Waals surface area contributed by atoms with Crippen LogP contribution < -0.4 is 10.6 Å². The van der Waals surface area contributed by atoms with Crippen molar-refractivity contribution in [1.29, 1.82) is 0 Å². The number of aryl methyl sites for hydroxylation is 1. The molecule has 1 aromatic heterocycles. The van der Waals surface area contributed by atoms with E-state index in [1.807, 2.05) is 7.05 Å². The third-order valence-electron chi connectivity index (χ3n) is 3.70. The predicted molar refractivity (Wildman–Crippen MR) is 92.1 cm³/mol. The number of aromatic nitrogens is 2. The summed E-state index contributed by atoms with van der Waals surface area (Å²) in [4.78, 5) is 9.26. The molecule has 0 spiro atoms. The number of rotatable bonds is 9. The molecule has 0 aliphatic heterocycles. The summed E-state index contributed by atoms with van der Waals surface area (Å²) in [5.41, 5.74) is 1.10. The van der Waals surface area contributed by atoms with Gasteiger partial charge < -0.3 is 10.6 Å². The minimum atomic E-state index is 0.441. The molecule has 120 valence electrons. The molecule has 0 aliphatic rings. The molecule has 2 N–H and O–H groups in total. The van der Waals surface area contributed by atoms with E-state index in [4.69, 9.17) is 4.98 Å². The molecule has 0 aliphatic carbocycles. The van der Waals surface area contributed by atoms with Gasteiger partial charge in [0.05, 0.1) is 0 Å². The van der Waals surface area contributed by atoms with E-state index in [1.165, 1.54) is 19.3 Å². The minimum Gasteiger partial charge on any atom is -0.373 e. The first kappa shape index (κ1) is 17.7. The van der Waals surface area contributed by atoms with E-state index < -0.39 is 0 Å². The topological polar surface area (TPSA) is 49.8 Å². The fraction of sp³-hybridized carbons (Fsp3) is 0.765. The second-order valence-corrected chi connectivity index (χ2v) is 6.33. The van der Waals surface area contributed by atoms with Gasteiger partial charge in [0.15, 0.2) is 0 Å². The smallest absolute Gasteiger partial charge is 0.134 e. The normalized spacial score (nSPS) is 12.5. The van der Waals surface area contributed by atoms with Crippen molar-refractivity contribution in [1.82, 2.24) is 9.97 Å². The van der Waals surface area contributed by atoms with Crippen LogP contribution in [0.15, 0.2) is 0 Å². The highest BCUT2D eigenvalue weighted by atomic mass is 15.1. The fourth-order valence-electron chi connectivity index (χ4n) is 2.42. The van der Waals surface area contributed by atoms with Crippen molar-refractivity contribution in [2.24, 2.45) is 5.92 Å². The lowest BCUT2D eigenvalue weighted by Gasteiger charge is -2.18. The fourth-order valence-corrected chi connectivity index (χ4v) is 2.42. The molecule has 21 heavy (non-hydrogen) atoms. The molecule has 0 radical (unpaired) electrons. The van der Waals surface area contributed by atoms with Crippen LogP contribution in [0.1, 0.15) is 64.8 Å². The molecule has 4 heteroatoms. The Morgan fingerprint density at radius 3 is 2.29 bits per heavy atom. The summed E-state index contributed by atoms with van der Waals surface area (Å²) in [6, 6.07) is 0.441. The van der Waals surface area contributed by atoms with Gasteiger partial charge in [-0.05, 0) is 32.6 Å². The largest absolute Gasteiger partial charge is 0.373 e. The minimum absolute atomic E-state index is 0.441. The van der Waals surface area contributed by atoms with Crippen molar-refractivity contribution in [2.75, 3.05) is 17.7 Å². The van der Waals surface area contributed by atoms with E-state index in [2.05, 4.69) is 50.2 Å². The average molecular weight is 292 g/mol. The molecule has 1 unspecified atom stereocenters. The van der Waals surface area contributed by atoms with Crippen LogP contribution in [0.3, 0.4) is 0 Å². The summed E-state index contributed by atoms with van der Waals surface area (Å²) >= 11 is 0. The van der Waals surface area contributed by atoms with Crippen molar-refractivity contribution in [3.8, 4) is 0 Å². The van der Waals surface area contributed by atoms with Gasteiger partial charge in [-0.15, -0.1) is 0 Å². The van der Waals surface area contributed by atoms with Crippen LogP contribution >= 0.6 is 0 Å². The molecular formula is C17H32N4. The first-order chi connectivity index (χ1) is 9.97. The van der Waals surface area contributed by atoms with Crippen molar-refractivity contribution in [2.45, 2.75) is 72.8 Å². The molecule has 1 rings (SSSR count). The zero-order chi connectivity index (χ0) is 15.8. The SMILES string of the molecule is CCCc1nc(NC)c(C)c(NC(C)CCCC(C)C)n1. The van der Waals surface area contributed by atoms with E-state index >= 15 is 0 Å². The molecule has 0 saturated carbocycles. The van der Waals surface area contributed by atoms with E-state index in [0.717, 1.165) is 41.8 Å². The maximum Gasteiger partial charge on any atom is 0.134 e. The van der Waals surface area contributed by atoms with E-state index in [-0.39, 0.29) is 0 Å². The lowest BCUT2D eigenvalue weighted by molar-refractivity contribution is 0.519. The number of nitrogens with one attached hydrogen (secondary N) is 2. The zero-order valence-electron chi connectivity index (χ0n) is 14.6. The summed E-state index contributed by atoms with van der Waals surface area (Å²) in [6.07, 6.45) is 5.72. The summed E-state index contributed by atoms with van der Waals surface area (Å²) in [5.74, 6) is 3.62. The van der Waals surface area contributed by atoms with Gasteiger partial charge in [0.25, 0.3) is 0 Å². The number of hydrogen-bond acceptors (Lipinski definition) is 4. The Bertz CT molecular complexity index is 429. The Morgan fingerprint density at radius 2 is 1.71 bits per heavy atom. The summed E-state index contributed by atoms with van der Waals surface area (Å²) < 4.78 is 0. The van der Waals surface area contributed by atoms with Crippen LogP contribution in [0.5, 0.6) is 0 Å². The molecule has 0 saturated heterocycles. The third kappa shape index (κ3) is 5.90. The molecule has 1 atom stereocenters. The van der Waals surface area contributed by atoms with E-state index in [0.29, 0.717) is 6.04 Å². The maximum atomic E-state index is 4.69. The van der Waals surface area contributed by atoms with Gasteiger partial charge in [-0.25, -0.2) is 9.97 Å². The van der Waals surface area contributed by atoms with Crippen molar-refractivity contribution in [3.63, 3.8) is 0 Å². The average Bonchev–Trinajstić information content (AvgIpc) is 2.42. The summed E-state index contributed by atoms with van der Waals surface area (Å²) in [6.45, 7) is 11.0. The molecule has 0 amide bonds. The highest BCUT2D eigenvalue weighted by Gasteiger charge is 2.12. The first-order valence-corrected chi connectivity index (χ1v) is 8.29. The highest BCUT2D eigenvalue weighted by Crippen LogP contribution is 2.22. The molecule has 1 aromatic rings. The van der Waals surface area contributed by atoms with Crippen molar-refractivity contribution >= 4 is 11.6 Å². The second kappa shape index (κ2) is 8.85. The van der Waals surface area contributed by atoms with Gasteiger partial charge in [-0.2, -0.15) is 0 Å². The third-order valence-corrected chi connectivity index (χ3v) is 3.70. The zero-order valence-corrected chi connectivity index (χ0v) is 14.6. The number of hydrogen-bond donors (Lipinski definition) is 2. The van der Waals surface area contributed by atoms with Crippen LogP contribution in [-0.2, 0) is 6.42 Å². The van der Waals surface area contributed by atoms with E-state index in [9.17, 15) is 0 Å². The number of anilines is 2. The Morgan fingerprint density at radius 1 is 1.05 bits per heavy atom. The number of nitrogens with zero attached hydrogens (tertiary/aromatic N) is 2. The molecule has 1 heterocycles. The Hall–Kier alpha value is -1.32. The van der Waals surface area contributed by atoms with Gasteiger partial charge in [0, 0.05) is 25.1 Å². The van der Waals surface area contributed by atoms with Gasteiger partial charge >= 0.3 is 0 Å². The monoisotopic (exact) mass is 292 g/mol. The van der Waals surface area contributed by atoms with Crippen LogP contribution in [0, 0.1) is 12.8 Å². The van der Waals surface area contributed by atoms with Crippen molar-refractivity contribution in [3.05, 3.63) is 11.4 Å². The molecule has 0 bridgehead atoms. The second-order valence-electron chi connectivity index (χ2n) is 6.33. The summed E-state index contributed by atoms with van der Waals surface area (Å²) in [5, 5.41) is 6.74. The van der Waals surface area contributed by atoms with E-state index in [1.54, 1.807) is 0 Å². The molecule has 0 fully saturated rings. The van der Waals surface area contributed by atoms with Gasteiger partial charge in [0.2, 0.25) is 0 Å². The molecular weight excluding hydrogens is 260 g/mol. The molecule has 0 aromatic carbocycles. The maximum absolute atomic E-state index is 4.69. The van der Waals surface area contributed by atoms with Gasteiger partial charge in [-0.1, -0.05) is 33.6 Å². The Balaban J connectivity index is 2.74. The van der Waals surface area contributed by atoms with Crippen LogP contribution in [-0.4, -0.2) is 23.1 Å². The summed E-state index contributed by atoms with van der Waals surface area (Å²) in [7, 11) is 1.92. The van der Waals surface area contributed by atoms with Crippen LogP contribution in [0.4, 0.5) is 11.6 Å². The van der Waals surface area contributed by atoms with Gasteiger partial charge in [0.1, 0.15) is 17.5 Å². The first-order valence-electron chi connectivity index (χ1n) is 8.29. The quantitative estimate of drug-likeness (QED) is 0.708. The van der Waals surface area contributed by atoms with Crippen molar-refractivity contribution < 1.29 is 0 Å². The predicted octanol–water partition coefficient (Wildman–Crippen LogP) is 4.41.